The number of hydrogen-bond donors (Lipinski definition) is 2. The Morgan fingerprint density at radius 1 is 0.492 bits per heavy atom. The second-order valence-corrected chi connectivity index (χ2v) is 16.8. The highest BCUT2D eigenvalue weighted by Crippen LogP contribution is 2.40. The van der Waals surface area contributed by atoms with E-state index in [1.54, 1.807) is 0 Å². The molecule has 2 N–H and O–H groups in total. The number of aromatic nitrogens is 4. The van der Waals surface area contributed by atoms with Crippen molar-refractivity contribution < 1.29 is 57.7 Å². The van der Waals surface area contributed by atoms with Gasteiger partial charge in [0.1, 0.15) is 46.8 Å². The van der Waals surface area contributed by atoms with Crippen LogP contribution in [0.25, 0.3) is 44.6 Å². The lowest BCUT2D eigenvalue weighted by Crippen LogP contribution is -2.13. The molecule has 21 heteroatoms. The van der Waals surface area contributed by atoms with Gasteiger partial charge in [0.2, 0.25) is 0 Å². The predicted molar refractivity (Wildman–Crippen MR) is 243 cm³/mol. The first-order valence-corrected chi connectivity index (χ1v) is 23.8. The van der Waals surface area contributed by atoms with Crippen molar-refractivity contribution in [3.63, 3.8) is 0 Å². The van der Waals surface area contributed by atoms with Crippen molar-refractivity contribution in [2.24, 2.45) is 0 Å². The first kappa shape index (κ1) is 48.8. The Balaban J connectivity index is 1.09. The number of nitrogens with zero attached hydrogens (tertiary/aromatic N) is 4. The molecule has 61 heavy (non-hydrogen) atoms. The molecule has 0 saturated heterocycles. The number of carbonyl (C=O) groups is 2. The van der Waals surface area contributed by atoms with Gasteiger partial charge in [-0.05, 0) is 80.4 Å². The molecule has 0 bridgehead atoms. The van der Waals surface area contributed by atoms with E-state index in [0.717, 1.165) is 22.9 Å². The number of fused-ring (bicyclic) bond motifs is 2. The zero-order valence-corrected chi connectivity index (χ0v) is 38.7. The van der Waals surface area contributed by atoms with Crippen LogP contribution >= 0.6 is 67.1 Å². The van der Waals surface area contributed by atoms with Gasteiger partial charge >= 0.3 is 11.9 Å². The van der Waals surface area contributed by atoms with Gasteiger partial charge in [0.25, 0.3) is 0 Å². The summed E-state index contributed by atoms with van der Waals surface area (Å²) in [5.74, 6) is 1.13. The number of thioether (sulfide) groups is 2. The fourth-order valence-corrected chi connectivity index (χ4v) is 8.35. The molecule has 0 aliphatic carbocycles. The summed E-state index contributed by atoms with van der Waals surface area (Å²) >= 11 is 11.2. The minimum absolute atomic E-state index is 0.0764. The van der Waals surface area contributed by atoms with Crippen LogP contribution in [0.3, 0.4) is 0 Å². The van der Waals surface area contributed by atoms with Crippen LogP contribution in [-0.2, 0) is 38.0 Å². The summed E-state index contributed by atoms with van der Waals surface area (Å²) < 4.78 is 55.4. The predicted octanol–water partition coefficient (Wildman–Crippen LogP) is 6.99. The Kier molecular flexibility index (Phi) is 22.2. The minimum atomic E-state index is -0.826. The van der Waals surface area contributed by atoms with Crippen LogP contribution < -0.4 is 9.47 Å². The summed E-state index contributed by atoms with van der Waals surface area (Å²) in [5.41, 5.74) is 5.73. The van der Waals surface area contributed by atoms with Crippen molar-refractivity contribution in [2.75, 3.05) is 116 Å². The number of ether oxygens (including phenoxy) is 8. The van der Waals surface area contributed by atoms with Crippen LogP contribution in [0.4, 0.5) is 0 Å². The van der Waals surface area contributed by atoms with Gasteiger partial charge in [0.15, 0.2) is 0 Å². The largest absolute Gasteiger partial charge is 0.491 e. The van der Waals surface area contributed by atoms with Gasteiger partial charge in [-0.25, -0.2) is 9.97 Å². The number of carboxylic acids is 2. The summed E-state index contributed by atoms with van der Waals surface area (Å²) in [7, 11) is 0. The molecule has 16 nitrogen and oxygen atoms in total. The maximum Gasteiger partial charge on any atom is 0.313 e. The van der Waals surface area contributed by atoms with E-state index in [1.165, 1.54) is 23.5 Å². The van der Waals surface area contributed by atoms with E-state index in [0.29, 0.717) is 158 Å². The summed E-state index contributed by atoms with van der Waals surface area (Å²) in [6.07, 6.45) is 0. The van der Waals surface area contributed by atoms with Crippen molar-refractivity contribution in [1.82, 2.24) is 18.7 Å². The lowest BCUT2D eigenvalue weighted by molar-refractivity contribution is -0.134. The van der Waals surface area contributed by atoms with E-state index in [2.05, 4.69) is 40.6 Å². The van der Waals surface area contributed by atoms with E-state index in [9.17, 15) is 9.59 Å². The smallest absolute Gasteiger partial charge is 0.313 e. The molecular formula is C40H46Br2N4O12S3. The number of halogens is 2. The highest BCUT2D eigenvalue weighted by Gasteiger charge is 2.21. The lowest BCUT2D eigenvalue weighted by atomic mass is 10.0. The molecule has 0 fully saturated rings. The lowest BCUT2D eigenvalue weighted by Gasteiger charge is -2.14. The molecule has 2 aromatic heterocycles. The maximum absolute atomic E-state index is 10.5. The van der Waals surface area contributed by atoms with Crippen molar-refractivity contribution >= 4 is 101 Å². The van der Waals surface area contributed by atoms with Crippen LogP contribution in [0.5, 0.6) is 11.5 Å². The third kappa shape index (κ3) is 16.8. The normalized spacial score (nSPS) is 11.4. The SMILES string of the molecule is O=C(O)CSCCOCCOCCOCCOc1ccc(-c2nc3c(Br)c4nsnc4c(Br)c3nc2-c2ccc(OCCOCCOCCOCCSCC(=O)O)cc2)cc1. The van der Waals surface area contributed by atoms with Gasteiger partial charge in [-0.1, -0.05) is 0 Å². The second kappa shape index (κ2) is 27.8. The van der Waals surface area contributed by atoms with Gasteiger partial charge in [0, 0.05) is 22.6 Å². The van der Waals surface area contributed by atoms with Crippen molar-refractivity contribution in [3.8, 4) is 34.0 Å². The third-order valence-electron chi connectivity index (χ3n) is 8.15. The van der Waals surface area contributed by atoms with Crippen LogP contribution in [0.2, 0.25) is 0 Å². The highest BCUT2D eigenvalue weighted by atomic mass is 79.9. The molecule has 5 rings (SSSR count). The Morgan fingerprint density at radius 2 is 0.820 bits per heavy atom. The molecule has 0 saturated carbocycles. The number of carboxylic acid groups (broad SMARTS) is 2. The molecule has 0 aliphatic heterocycles. The van der Waals surface area contributed by atoms with E-state index >= 15 is 0 Å². The van der Waals surface area contributed by atoms with Crippen LogP contribution in [0, 0.1) is 0 Å². The highest BCUT2D eigenvalue weighted by molar-refractivity contribution is 9.11. The quantitative estimate of drug-likeness (QED) is 0.0418. The Labute approximate surface area is 382 Å². The standard InChI is InChI=1S/C40H46Br2N4O12S3/c41-33-37-38(34(42)40-39(33)45-61-46-40)44-36(28-3-7-30(8-4-28)58-20-18-54-12-10-52-14-16-56-22-24-60-26-32(49)50)35(43-37)27-1-5-29(6-2-27)57-19-17-53-11-9-51-13-15-55-21-23-59-25-31(47)48/h1-8H,9-26H2,(H,47,48)(H,49,50). The Morgan fingerprint density at radius 3 is 1.16 bits per heavy atom. The molecule has 0 spiro atoms. The van der Waals surface area contributed by atoms with E-state index in [-0.39, 0.29) is 11.5 Å². The zero-order valence-electron chi connectivity index (χ0n) is 33.1. The van der Waals surface area contributed by atoms with Crippen LogP contribution in [-0.4, -0.2) is 156 Å². The molecule has 330 valence electrons. The summed E-state index contributed by atoms with van der Waals surface area (Å²) in [4.78, 5) is 31.3. The van der Waals surface area contributed by atoms with Gasteiger partial charge in [-0.2, -0.15) is 8.75 Å². The first-order valence-electron chi connectivity index (χ1n) is 19.1. The van der Waals surface area contributed by atoms with Gasteiger partial charge in [-0.3, -0.25) is 9.59 Å². The molecule has 0 atom stereocenters. The Hall–Kier alpha value is -3.22. The van der Waals surface area contributed by atoms with Gasteiger partial charge < -0.3 is 48.1 Å². The topological polar surface area (TPSA) is 200 Å². The zero-order chi connectivity index (χ0) is 43.1. The average molecular weight is 1030 g/mol. The van der Waals surface area contributed by atoms with Crippen molar-refractivity contribution in [2.45, 2.75) is 0 Å². The van der Waals surface area contributed by atoms with Crippen LogP contribution in [0.15, 0.2) is 57.5 Å². The molecule has 0 unspecified atom stereocenters. The second-order valence-electron chi connectivity index (χ2n) is 12.5. The van der Waals surface area contributed by atoms with Gasteiger partial charge in [-0.15, -0.1) is 23.5 Å². The minimum Gasteiger partial charge on any atom is -0.491 e. The van der Waals surface area contributed by atoms with E-state index in [4.69, 9.17) is 58.1 Å². The van der Waals surface area contributed by atoms with E-state index in [1.807, 2.05) is 48.5 Å². The van der Waals surface area contributed by atoms with Crippen molar-refractivity contribution in [3.05, 3.63) is 57.5 Å². The molecule has 0 radical (unpaired) electrons. The number of hydrogen-bond acceptors (Lipinski definition) is 17. The molecular weight excluding hydrogens is 984 g/mol. The number of rotatable bonds is 32. The average Bonchev–Trinajstić information content (AvgIpc) is 3.77. The third-order valence-corrected chi connectivity index (χ3v) is 12.0. The molecule has 0 amide bonds. The first-order chi connectivity index (χ1) is 29.8. The number of aliphatic carboxylic acids is 2. The summed E-state index contributed by atoms with van der Waals surface area (Å²) in [6.45, 7) is 5.95. The fraction of sp³-hybridized carbons (Fsp3) is 0.450. The summed E-state index contributed by atoms with van der Waals surface area (Å²) in [6, 6.07) is 15.4. The number of benzene rings is 3. The monoisotopic (exact) mass is 1030 g/mol. The fourth-order valence-electron chi connectivity index (χ4n) is 5.34. The molecule has 5 aromatic rings. The van der Waals surface area contributed by atoms with Crippen LogP contribution in [0.1, 0.15) is 0 Å². The Bertz CT molecular complexity index is 1960. The van der Waals surface area contributed by atoms with Gasteiger partial charge in [0.05, 0.1) is 123 Å². The van der Waals surface area contributed by atoms with Crippen molar-refractivity contribution in [1.29, 1.82) is 0 Å². The summed E-state index contributed by atoms with van der Waals surface area (Å²) in [5, 5.41) is 17.3. The van der Waals surface area contributed by atoms with E-state index < -0.39 is 11.9 Å². The molecule has 0 aliphatic rings. The molecule has 2 heterocycles. The maximum atomic E-state index is 10.5. The molecule has 3 aromatic carbocycles.